The van der Waals surface area contributed by atoms with E-state index in [1.165, 1.54) is 6.26 Å². The Morgan fingerprint density at radius 1 is 1.31 bits per heavy atom. The molecule has 2 atom stereocenters. The number of Topliss-reactive ketones (excluding diaryl/α,β-unsaturated/α-hetero) is 1. The van der Waals surface area contributed by atoms with Crippen molar-refractivity contribution in [3.8, 4) is 0 Å². The third-order valence-electron chi connectivity index (χ3n) is 5.85. The molecule has 0 unspecified atom stereocenters. The maximum atomic E-state index is 13.1. The Morgan fingerprint density at radius 2 is 2.12 bits per heavy atom. The molecule has 4 rings (SSSR count). The van der Waals surface area contributed by atoms with E-state index >= 15 is 0 Å². The number of nitrogens with one attached hydrogen (secondary N) is 1. The van der Waals surface area contributed by atoms with Crippen molar-refractivity contribution in [3.63, 3.8) is 0 Å². The van der Waals surface area contributed by atoms with Crippen molar-refractivity contribution in [3.05, 3.63) is 34.2 Å². The summed E-state index contributed by atoms with van der Waals surface area (Å²) in [5.74, 6) is -1.27. The molecule has 0 saturated carbocycles. The van der Waals surface area contributed by atoms with Gasteiger partial charge >= 0.3 is 5.97 Å². The second-order valence-corrected chi connectivity index (χ2v) is 9.04. The highest BCUT2D eigenvalue weighted by Gasteiger charge is 2.37. The van der Waals surface area contributed by atoms with E-state index in [2.05, 4.69) is 10.3 Å². The number of aryl methyl sites for hydroxylation is 1. The summed E-state index contributed by atoms with van der Waals surface area (Å²) in [6, 6.07) is 1.57. The summed E-state index contributed by atoms with van der Waals surface area (Å²) < 4.78 is 10.3. The molecular weight excluding hydrogens is 434 g/mol. The van der Waals surface area contributed by atoms with Crippen LogP contribution in [0.3, 0.4) is 0 Å². The highest BCUT2D eigenvalue weighted by atomic mass is 32.1. The molecule has 0 radical (unpaired) electrons. The van der Waals surface area contributed by atoms with Gasteiger partial charge in [-0.05, 0) is 32.8 Å². The monoisotopic (exact) mass is 459 g/mol. The van der Waals surface area contributed by atoms with Crippen LogP contribution in [0, 0.1) is 18.8 Å². The highest BCUT2D eigenvalue weighted by Crippen LogP contribution is 2.34. The zero-order valence-electron chi connectivity index (χ0n) is 18.0. The number of amides is 2. The summed E-state index contributed by atoms with van der Waals surface area (Å²) in [4.78, 5) is 56.9. The molecule has 2 aliphatic rings. The Kier molecular flexibility index (Phi) is 6.40. The molecular formula is C22H25N3O6S. The van der Waals surface area contributed by atoms with Gasteiger partial charge < -0.3 is 14.1 Å². The SMILES string of the molecule is CCOC(=O)[C@H]1CCCN(C(=O)[C@@H]2CC(=O)c3sc(NC(=O)c4ccoc4C)nc3C2)C1. The van der Waals surface area contributed by atoms with Crippen molar-refractivity contribution in [1.29, 1.82) is 0 Å². The molecule has 32 heavy (non-hydrogen) atoms. The molecule has 1 aliphatic heterocycles. The van der Waals surface area contributed by atoms with E-state index in [0.29, 0.717) is 59.6 Å². The fraction of sp³-hybridized carbons (Fsp3) is 0.500. The van der Waals surface area contributed by atoms with Crippen molar-refractivity contribution >= 4 is 40.0 Å². The number of piperidine rings is 1. The fourth-order valence-corrected chi connectivity index (χ4v) is 5.17. The smallest absolute Gasteiger partial charge is 0.310 e. The lowest BCUT2D eigenvalue weighted by Gasteiger charge is -2.34. The summed E-state index contributed by atoms with van der Waals surface area (Å²) in [5.41, 5.74) is 0.932. The van der Waals surface area contributed by atoms with Crippen molar-refractivity contribution in [1.82, 2.24) is 9.88 Å². The number of hydrogen-bond acceptors (Lipinski definition) is 8. The Bertz CT molecular complexity index is 1060. The number of hydrogen-bond donors (Lipinski definition) is 1. The molecule has 0 spiro atoms. The van der Waals surface area contributed by atoms with Crippen LogP contribution in [-0.2, 0) is 20.7 Å². The van der Waals surface area contributed by atoms with Gasteiger partial charge in [-0.3, -0.25) is 24.5 Å². The number of anilines is 1. The minimum absolute atomic E-state index is 0.100. The first-order chi connectivity index (χ1) is 15.4. The van der Waals surface area contributed by atoms with Crippen LogP contribution in [0.25, 0.3) is 0 Å². The average Bonchev–Trinajstić information content (AvgIpc) is 3.39. The number of esters is 1. The lowest BCUT2D eigenvalue weighted by atomic mass is 9.87. The second-order valence-electron chi connectivity index (χ2n) is 8.04. The van der Waals surface area contributed by atoms with Gasteiger partial charge in [0, 0.05) is 25.9 Å². The molecule has 3 heterocycles. The Labute approximate surface area is 189 Å². The quantitative estimate of drug-likeness (QED) is 0.683. The van der Waals surface area contributed by atoms with E-state index < -0.39 is 5.92 Å². The third-order valence-corrected chi connectivity index (χ3v) is 6.90. The number of carbonyl (C=O) groups excluding carboxylic acids is 4. The Morgan fingerprint density at radius 3 is 2.84 bits per heavy atom. The maximum absolute atomic E-state index is 13.1. The molecule has 9 nitrogen and oxygen atoms in total. The molecule has 1 fully saturated rings. The fourth-order valence-electron chi connectivity index (χ4n) is 4.23. The second kappa shape index (κ2) is 9.23. The third kappa shape index (κ3) is 4.45. The van der Waals surface area contributed by atoms with Gasteiger partial charge in [0.1, 0.15) is 5.76 Å². The molecule has 170 valence electrons. The number of ether oxygens (including phenoxy) is 1. The van der Waals surface area contributed by atoms with Gasteiger partial charge in [0.05, 0.1) is 40.8 Å². The van der Waals surface area contributed by atoms with Crippen LogP contribution < -0.4 is 5.32 Å². The molecule has 1 saturated heterocycles. The van der Waals surface area contributed by atoms with Gasteiger partial charge in [-0.2, -0.15) is 0 Å². The van der Waals surface area contributed by atoms with Crippen LogP contribution in [0.15, 0.2) is 16.7 Å². The zero-order valence-corrected chi connectivity index (χ0v) is 18.8. The number of likely N-dealkylation sites (tertiary alicyclic amines) is 1. The topological polar surface area (TPSA) is 119 Å². The highest BCUT2D eigenvalue weighted by molar-refractivity contribution is 7.17. The number of carbonyl (C=O) groups is 4. The van der Waals surface area contributed by atoms with E-state index in [0.717, 1.165) is 17.8 Å². The summed E-state index contributed by atoms with van der Waals surface area (Å²) in [5, 5.41) is 3.03. The van der Waals surface area contributed by atoms with Crippen LogP contribution >= 0.6 is 11.3 Å². The van der Waals surface area contributed by atoms with Crippen molar-refractivity contribution in [2.24, 2.45) is 11.8 Å². The molecule has 1 aliphatic carbocycles. The standard InChI is InChI=1S/C22H25N3O6S/c1-3-30-21(29)13-5-4-7-25(11-13)20(28)14-9-16-18(17(26)10-14)32-22(23-16)24-19(27)15-6-8-31-12(15)2/h6,8,13-14H,3-5,7,9-11H2,1-2H3,(H,23,24,27)/t13-,14-/m0/s1. The minimum Gasteiger partial charge on any atom is -0.469 e. The number of fused-ring (bicyclic) bond motifs is 1. The van der Waals surface area contributed by atoms with Crippen LogP contribution in [0.2, 0.25) is 0 Å². The minimum atomic E-state index is -0.516. The lowest BCUT2D eigenvalue weighted by molar-refractivity contribution is -0.152. The Balaban J connectivity index is 1.43. The summed E-state index contributed by atoms with van der Waals surface area (Å²) in [7, 11) is 0. The molecule has 1 N–H and O–H groups in total. The lowest BCUT2D eigenvalue weighted by Crippen LogP contribution is -2.46. The summed E-state index contributed by atoms with van der Waals surface area (Å²) in [6.07, 6.45) is 3.29. The number of thiazole rings is 1. The van der Waals surface area contributed by atoms with Gasteiger partial charge in [-0.1, -0.05) is 11.3 Å². The van der Waals surface area contributed by atoms with Gasteiger partial charge in [-0.25, -0.2) is 4.98 Å². The van der Waals surface area contributed by atoms with Crippen LogP contribution in [0.4, 0.5) is 5.13 Å². The summed E-state index contributed by atoms with van der Waals surface area (Å²) >= 11 is 1.12. The zero-order chi connectivity index (χ0) is 22.8. The molecule has 0 aromatic carbocycles. The van der Waals surface area contributed by atoms with E-state index in [-0.39, 0.29) is 35.9 Å². The van der Waals surface area contributed by atoms with E-state index in [9.17, 15) is 19.2 Å². The summed E-state index contributed by atoms with van der Waals surface area (Å²) in [6.45, 7) is 4.64. The Hall–Kier alpha value is -3.01. The molecule has 10 heteroatoms. The number of rotatable bonds is 5. The number of aromatic nitrogens is 1. The van der Waals surface area contributed by atoms with Gasteiger partial charge in [0.2, 0.25) is 5.91 Å². The van der Waals surface area contributed by atoms with Gasteiger partial charge in [-0.15, -0.1) is 0 Å². The van der Waals surface area contributed by atoms with E-state index in [1.54, 1.807) is 24.8 Å². The van der Waals surface area contributed by atoms with Crippen molar-refractivity contribution < 1.29 is 28.3 Å². The molecule has 0 bridgehead atoms. The first kappa shape index (κ1) is 22.2. The maximum Gasteiger partial charge on any atom is 0.310 e. The van der Waals surface area contributed by atoms with Crippen LogP contribution in [0.1, 0.15) is 57.7 Å². The van der Waals surface area contributed by atoms with Crippen LogP contribution in [0.5, 0.6) is 0 Å². The number of furan rings is 1. The van der Waals surface area contributed by atoms with Crippen molar-refractivity contribution in [2.45, 2.75) is 39.5 Å². The van der Waals surface area contributed by atoms with Gasteiger partial charge in [0.25, 0.3) is 5.91 Å². The van der Waals surface area contributed by atoms with E-state index in [1.807, 2.05) is 0 Å². The average molecular weight is 460 g/mol. The number of ketones is 1. The van der Waals surface area contributed by atoms with Gasteiger partial charge in [0.15, 0.2) is 10.9 Å². The van der Waals surface area contributed by atoms with E-state index in [4.69, 9.17) is 9.15 Å². The number of nitrogens with zero attached hydrogens (tertiary/aromatic N) is 2. The largest absolute Gasteiger partial charge is 0.469 e. The molecule has 2 aromatic rings. The van der Waals surface area contributed by atoms with Crippen LogP contribution in [-0.4, -0.2) is 53.1 Å². The van der Waals surface area contributed by atoms with Crippen molar-refractivity contribution in [2.75, 3.05) is 25.0 Å². The first-order valence-electron chi connectivity index (χ1n) is 10.7. The molecule has 2 amide bonds. The predicted molar refractivity (Wildman–Crippen MR) is 116 cm³/mol. The normalized spacial score (nSPS) is 20.6. The molecule has 2 aromatic heterocycles. The predicted octanol–water partition coefficient (Wildman–Crippen LogP) is 2.84. The first-order valence-corrected chi connectivity index (χ1v) is 11.5.